The number of amides is 2. The second-order valence-corrected chi connectivity index (χ2v) is 6.76. The molecule has 0 aliphatic carbocycles. The summed E-state index contributed by atoms with van der Waals surface area (Å²) in [6.45, 7) is 4.76. The van der Waals surface area contributed by atoms with Gasteiger partial charge in [0.05, 0.1) is 0 Å². The Hall–Kier alpha value is -2.69. The zero-order valence-electron chi connectivity index (χ0n) is 15.0. The standard InChI is InChI=1S/C21H23FN2O2/c1-3-14(2)19(20(25)23-12-15-8-10-17(22)11-9-15)24-13-16-6-4-5-7-18(16)21(24)26/h4-11,14,19H,3,12-13H2,1-2H3,(H,23,25)/t14-,19+/m1/s1. The van der Waals surface area contributed by atoms with Gasteiger partial charge in [-0.25, -0.2) is 4.39 Å². The van der Waals surface area contributed by atoms with Crippen molar-refractivity contribution in [2.45, 2.75) is 39.4 Å². The normalized spacial score (nSPS) is 15.5. The van der Waals surface area contributed by atoms with Gasteiger partial charge in [0.1, 0.15) is 11.9 Å². The Morgan fingerprint density at radius 1 is 1.19 bits per heavy atom. The molecule has 1 N–H and O–H groups in total. The lowest BCUT2D eigenvalue weighted by Gasteiger charge is -2.31. The number of carbonyl (C=O) groups excluding carboxylic acids is 2. The van der Waals surface area contributed by atoms with Gasteiger partial charge in [0, 0.05) is 18.7 Å². The van der Waals surface area contributed by atoms with E-state index in [4.69, 9.17) is 0 Å². The third kappa shape index (κ3) is 3.62. The molecule has 0 fully saturated rings. The number of carbonyl (C=O) groups is 2. The second kappa shape index (κ2) is 7.68. The zero-order valence-corrected chi connectivity index (χ0v) is 15.0. The molecule has 0 unspecified atom stereocenters. The lowest BCUT2D eigenvalue weighted by Crippen LogP contribution is -2.50. The van der Waals surface area contributed by atoms with Gasteiger partial charge in [-0.15, -0.1) is 0 Å². The molecule has 0 saturated carbocycles. The highest BCUT2D eigenvalue weighted by atomic mass is 19.1. The van der Waals surface area contributed by atoms with Crippen LogP contribution >= 0.6 is 0 Å². The van der Waals surface area contributed by atoms with Crippen LogP contribution in [-0.4, -0.2) is 22.8 Å². The van der Waals surface area contributed by atoms with Gasteiger partial charge in [0.2, 0.25) is 5.91 Å². The number of fused-ring (bicyclic) bond motifs is 1. The number of hydrogen-bond donors (Lipinski definition) is 1. The number of hydrogen-bond acceptors (Lipinski definition) is 2. The van der Waals surface area contributed by atoms with Crippen molar-refractivity contribution in [3.05, 3.63) is 71.0 Å². The Bertz CT molecular complexity index is 804. The first-order valence-corrected chi connectivity index (χ1v) is 8.92. The summed E-state index contributed by atoms with van der Waals surface area (Å²) >= 11 is 0. The smallest absolute Gasteiger partial charge is 0.255 e. The molecule has 0 radical (unpaired) electrons. The SMILES string of the molecule is CC[C@@H](C)[C@@H](C(=O)NCc1ccc(F)cc1)N1Cc2ccccc2C1=O. The summed E-state index contributed by atoms with van der Waals surface area (Å²) in [6.07, 6.45) is 0.786. The number of rotatable bonds is 6. The van der Waals surface area contributed by atoms with Crippen LogP contribution in [-0.2, 0) is 17.9 Å². The van der Waals surface area contributed by atoms with E-state index in [9.17, 15) is 14.0 Å². The van der Waals surface area contributed by atoms with E-state index < -0.39 is 6.04 Å². The van der Waals surface area contributed by atoms with Crippen LogP contribution in [0.4, 0.5) is 4.39 Å². The first-order chi connectivity index (χ1) is 12.5. The van der Waals surface area contributed by atoms with Crippen LogP contribution in [0.5, 0.6) is 0 Å². The van der Waals surface area contributed by atoms with Crippen LogP contribution in [0.25, 0.3) is 0 Å². The van der Waals surface area contributed by atoms with Gasteiger partial charge >= 0.3 is 0 Å². The number of halogens is 1. The Balaban J connectivity index is 1.75. The van der Waals surface area contributed by atoms with E-state index in [0.29, 0.717) is 18.7 Å². The molecule has 0 bridgehead atoms. The molecule has 4 nitrogen and oxygen atoms in total. The molecule has 2 aromatic rings. The van der Waals surface area contributed by atoms with E-state index in [2.05, 4.69) is 5.32 Å². The molecule has 2 amide bonds. The van der Waals surface area contributed by atoms with Gasteiger partial charge in [-0.3, -0.25) is 9.59 Å². The van der Waals surface area contributed by atoms with Crippen LogP contribution in [0.3, 0.4) is 0 Å². The summed E-state index contributed by atoms with van der Waals surface area (Å²) in [6, 6.07) is 13.0. The number of nitrogens with zero attached hydrogens (tertiary/aromatic N) is 1. The van der Waals surface area contributed by atoms with Crippen LogP contribution in [0.1, 0.15) is 41.8 Å². The van der Waals surface area contributed by atoms with Gasteiger partial charge in [0.25, 0.3) is 5.91 Å². The van der Waals surface area contributed by atoms with Crippen molar-refractivity contribution < 1.29 is 14.0 Å². The van der Waals surface area contributed by atoms with Gasteiger partial charge < -0.3 is 10.2 Å². The lowest BCUT2D eigenvalue weighted by molar-refractivity contribution is -0.127. The van der Waals surface area contributed by atoms with Gasteiger partial charge in [0.15, 0.2) is 0 Å². The van der Waals surface area contributed by atoms with Crippen molar-refractivity contribution in [1.82, 2.24) is 10.2 Å². The molecule has 5 heteroatoms. The van der Waals surface area contributed by atoms with Crippen LogP contribution in [0, 0.1) is 11.7 Å². The molecule has 1 aliphatic heterocycles. The topological polar surface area (TPSA) is 49.4 Å². The minimum atomic E-state index is -0.527. The van der Waals surface area contributed by atoms with E-state index in [1.54, 1.807) is 17.0 Å². The fraction of sp³-hybridized carbons (Fsp3) is 0.333. The summed E-state index contributed by atoms with van der Waals surface area (Å²) < 4.78 is 13.0. The molecule has 2 aromatic carbocycles. The van der Waals surface area contributed by atoms with Crippen molar-refractivity contribution in [2.24, 2.45) is 5.92 Å². The second-order valence-electron chi connectivity index (χ2n) is 6.76. The average Bonchev–Trinajstić information content (AvgIpc) is 2.98. The first-order valence-electron chi connectivity index (χ1n) is 8.92. The Labute approximate surface area is 153 Å². The zero-order chi connectivity index (χ0) is 18.7. The summed E-state index contributed by atoms with van der Waals surface area (Å²) in [5.41, 5.74) is 2.45. The average molecular weight is 354 g/mol. The first kappa shape index (κ1) is 18.1. The molecule has 1 aliphatic rings. The maximum absolute atomic E-state index is 13.0. The van der Waals surface area contributed by atoms with E-state index in [-0.39, 0.29) is 23.5 Å². The quantitative estimate of drug-likeness (QED) is 0.863. The molecular weight excluding hydrogens is 331 g/mol. The number of benzene rings is 2. The third-order valence-corrected chi connectivity index (χ3v) is 5.02. The molecule has 3 rings (SSSR count). The van der Waals surface area contributed by atoms with Crippen molar-refractivity contribution >= 4 is 11.8 Å². The van der Waals surface area contributed by atoms with E-state index in [0.717, 1.165) is 17.5 Å². The summed E-state index contributed by atoms with van der Waals surface area (Å²) in [4.78, 5) is 27.3. The summed E-state index contributed by atoms with van der Waals surface area (Å²) in [7, 11) is 0. The largest absolute Gasteiger partial charge is 0.350 e. The van der Waals surface area contributed by atoms with E-state index in [1.165, 1.54) is 12.1 Å². The minimum absolute atomic E-state index is 0.0291. The van der Waals surface area contributed by atoms with Crippen LogP contribution < -0.4 is 5.32 Å². The maximum Gasteiger partial charge on any atom is 0.255 e. The molecule has 2 atom stereocenters. The Morgan fingerprint density at radius 2 is 1.88 bits per heavy atom. The molecule has 0 aromatic heterocycles. The highest BCUT2D eigenvalue weighted by molar-refractivity contribution is 6.01. The molecular formula is C21H23FN2O2. The minimum Gasteiger partial charge on any atom is -0.350 e. The molecule has 1 heterocycles. The van der Waals surface area contributed by atoms with Crippen molar-refractivity contribution in [1.29, 1.82) is 0 Å². The number of nitrogens with one attached hydrogen (secondary N) is 1. The van der Waals surface area contributed by atoms with Crippen molar-refractivity contribution in [2.75, 3.05) is 0 Å². The van der Waals surface area contributed by atoms with Gasteiger partial charge in [-0.05, 0) is 35.2 Å². The monoisotopic (exact) mass is 354 g/mol. The fourth-order valence-electron chi connectivity index (χ4n) is 3.33. The highest BCUT2D eigenvalue weighted by Gasteiger charge is 2.38. The van der Waals surface area contributed by atoms with Crippen molar-refractivity contribution in [3.63, 3.8) is 0 Å². The maximum atomic E-state index is 13.0. The van der Waals surface area contributed by atoms with Gasteiger partial charge in [-0.1, -0.05) is 50.6 Å². The van der Waals surface area contributed by atoms with E-state index >= 15 is 0 Å². The summed E-state index contributed by atoms with van der Waals surface area (Å²) in [5, 5.41) is 2.90. The Morgan fingerprint density at radius 3 is 2.54 bits per heavy atom. The van der Waals surface area contributed by atoms with Crippen LogP contribution in [0.2, 0.25) is 0 Å². The molecule has 26 heavy (non-hydrogen) atoms. The predicted molar refractivity (Wildman–Crippen MR) is 97.8 cm³/mol. The fourth-order valence-corrected chi connectivity index (χ4v) is 3.33. The van der Waals surface area contributed by atoms with Crippen LogP contribution in [0.15, 0.2) is 48.5 Å². The van der Waals surface area contributed by atoms with E-state index in [1.807, 2.05) is 38.1 Å². The molecule has 136 valence electrons. The Kier molecular flexibility index (Phi) is 5.35. The predicted octanol–water partition coefficient (Wildman–Crippen LogP) is 3.51. The van der Waals surface area contributed by atoms with Crippen molar-refractivity contribution in [3.8, 4) is 0 Å². The molecule has 0 saturated heterocycles. The lowest BCUT2D eigenvalue weighted by atomic mass is 9.96. The highest BCUT2D eigenvalue weighted by Crippen LogP contribution is 2.28. The van der Waals surface area contributed by atoms with Gasteiger partial charge in [-0.2, -0.15) is 0 Å². The summed E-state index contributed by atoms with van der Waals surface area (Å²) in [5.74, 6) is -0.549. The molecule has 0 spiro atoms. The third-order valence-electron chi connectivity index (χ3n) is 5.02.